The first-order valence-electron chi connectivity index (χ1n) is 3.06. The van der Waals surface area contributed by atoms with Crippen molar-refractivity contribution in [1.82, 2.24) is 0 Å². The summed E-state index contributed by atoms with van der Waals surface area (Å²) in [6, 6.07) is 0. The Morgan fingerprint density at radius 2 is 2.00 bits per heavy atom. The van der Waals surface area contributed by atoms with Crippen molar-refractivity contribution in [1.29, 1.82) is 0 Å². The highest BCUT2D eigenvalue weighted by Gasteiger charge is 2.18. The highest BCUT2D eigenvalue weighted by molar-refractivity contribution is 4.85. The van der Waals surface area contributed by atoms with Crippen LogP contribution in [0.1, 0.15) is 20.3 Å². The van der Waals surface area contributed by atoms with Crippen LogP contribution < -0.4 is 0 Å². The van der Waals surface area contributed by atoms with Crippen LogP contribution in [0.2, 0.25) is 0 Å². The van der Waals surface area contributed by atoms with Crippen molar-refractivity contribution in [2.45, 2.75) is 26.1 Å². The maximum absolute atomic E-state index is 8.93. The molecule has 0 heterocycles. The predicted octanol–water partition coefficient (Wildman–Crippen LogP) is 0.899. The molecule has 0 aliphatic rings. The molecule has 0 saturated carbocycles. The summed E-state index contributed by atoms with van der Waals surface area (Å²) in [7, 11) is 0. The number of aliphatic hydroxyl groups is 2. The molecule has 0 atom stereocenters. The molecule has 0 amide bonds. The first-order chi connectivity index (χ1) is 3.98. The van der Waals surface area contributed by atoms with Crippen LogP contribution in [0.15, 0.2) is 12.7 Å². The third-order valence-electron chi connectivity index (χ3n) is 1.04. The Hall–Kier alpha value is -0.340. The molecule has 0 rings (SSSR count). The summed E-state index contributed by atoms with van der Waals surface area (Å²) in [5, 5.41) is 17.9. The molecule has 0 aromatic carbocycles. The van der Waals surface area contributed by atoms with Crippen LogP contribution >= 0.6 is 0 Å². The van der Waals surface area contributed by atoms with Gasteiger partial charge < -0.3 is 10.2 Å². The first kappa shape index (κ1) is 8.66. The second-order valence-corrected chi connectivity index (χ2v) is 2.68. The van der Waals surface area contributed by atoms with Crippen molar-refractivity contribution in [2.75, 3.05) is 0 Å². The Morgan fingerprint density at radius 1 is 1.56 bits per heavy atom. The summed E-state index contributed by atoms with van der Waals surface area (Å²) >= 11 is 0. The van der Waals surface area contributed by atoms with Crippen molar-refractivity contribution < 1.29 is 10.2 Å². The van der Waals surface area contributed by atoms with E-state index in [1.54, 1.807) is 0 Å². The van der Waals surface area contributed by atoms with E-state index in [9.17, 15) is 0 Å². The van der Waals surface area contributed by atoms with E-state index in [0.717, 1.165) is 6.08 Å². The molecule has 0 fully saturated rings. The molecule has 0 aromatic heterocycles. The molecule has 0 bridgehead atoms. The van der Waals surface area contributed by atoms with E-state index in [1.807, 2.05) is 13.8 Å². The lowest BCUT2D eigenvalue weighted by atomic mass is 10.0. The van der Waals surface area contributed by atoms with Gasteiger partial charge in [0, 0.05) is 6.42 Å². The first-order valence-corrected chi connectivity index (χ1v) is 3.06. The lowest BCUT2D eigenvalue weighted by Gasteiger charge is -2.18. The summed E-state index contributed by atoms with van der Waals surface area (Å²) in [5.41, 5.74) is 0. The maximum atomic E-state index is 8.93. The van der Waals surface area contributed by atoms with Gasteiger partial charge in [0.15, 0.2) is 5.79 Å². The van der Waals surface area contributed by atoms with Crippen molar-refractivity contribution >= 4 is 0 Å². The van der Waals surface area contributed by atoms with Gasteiger partial charge in [-0.15, -0.1) is 0 Å². The fourth-order valence-electron chi connectivity index (χ4n) is 0.684. The smallest absolute Gasteiger partial charge is 0.182 e. The predicted molar refractivity (Wildman–Crippen MR) is 36.8 cm³/mol. The molecule has 9 heavy (non-hydrogen) atoms. The van der Waals surface area contributed by atoms with E-state index < -0.39 is 5.79 Å². The normalized spacial score (nSPS) is 12.1. The molecular weight excluding hydrogens is 116 g/mol. The number of hydrogen-bond acceptors (Lipinski definition) is 2. The van der Waals surface area contributed by atoms with Crippen LogP contribution in [-0.2, 0) is 0 Å². The van der Waals surface area contributed by atoms with Gasteiger partial charge in [-0.1, -0.05) is 20.4 Å². The third kappa shape index (κ3) is 4.18. The summed E-state index contributed by atoms with van der Waals surface area (Å²) in [4.78, 5) is 0. The van der Waals surface area contributed by atoms with E-state index in [4.69, 9.17) is 10.2 Å². The van der Waals surface area contributed by atoms with Crippen molar-refractivity contribution in [2.24, 2.45) is 5.92 Å². The van der Waals surface area contributed by atoms with Crippen LogP contribution in [0.5, 0.6) is 0 Å². The van der Waals surface area contributed by atoms with E-state index in [0.29, 0.717) is 6.42 Å². The second kappa shape index (κ2) is 2.99. The zero-order chi connectivity index (χ0) is 7.49. The minimum Gasteiger partial charge on any atom is -0.362 e. The molecule has 0 saturated heterocycles. The van der Waals surface area contributed by atoms with Gasteiger partial charge >= 0.3 is 0 Å². The van der Waals surface area contributed by atoms with Crippen molar-refractivity contribution in [3.63, 3.8) is 0 Å². The average Bonchev–Trinajstić information content (AvgIpc) is 1.63. The second-order valence-electron chi connectivity index (χ2n) is 2.68. The van der Waals surface area contributed by atoms with Gasteiger partial charge in [-0.05, 0) is 12.0 Å². The van der Waals surface area contributed by atoms with Crippen molar-refractivity contribution in [3.05, 3.63) is 12.7 Å². The molecule has 54 valence electrons. The third-order valence-corrected chi connectivity index (χ3v) is 1.04. The molecule has 2 N–H and O–H groups in total. The summed E-state index contributed by atoms with van der Waals surface area (Å²) in [6.07, 6.45) is 1.49. The van der Waals surface area contributed by atoms with E-state index in [1.165, 1.54) is 0 Å². The molecule has 0 aliphatic carbocycles. The fraction of sp³-hybridized carbons (Fsp3) is 0.714. The number of hydrogen-bond donors (Lipinski definition) is 2. The van der Waals surface area contributed by atoms with Crippen LogP contribution in [0.3, 0.4) is 0 Å². The Labute approximate surface area is 55.8 Å². The Morgan fingerprint density at radius 3 is 2.11 bits per heavy atom. The summed E-state index contributed by atoms with van der Waals surface area (Å²) in [6.45, 7) is 7.13. The molecule has 0 spiro atoms. The lowest BCUT2D eigenvalue weighted by Crippen LogP contribution is -2.26. The van der Waals surface area contributed by atoms with E-state index >= 15 is 0 Å². The molecule has 0 unspecified atom stereocenters. The fourth-order valence-corrected chi connectivity index (χ4v) is 0.684. The van der Waals surface area contributed by atoms with E-state index in [-0.39, 0.29) is 5.92 Å². The van der Waals surface area contributed by atoms with Crippen LogP contribution in [0, 0.1) is 5.92 Å². The Bertz CT molecular complexity index is 95.1. The van der Waals surface area contributed by atoms with Gasteiger partial charge in [0.05, 0.1) is 0 Å². The van der Waals surface area contributed by atoms with Crippen molar-refractivity contribution in [3.8, 4) is 0 Å². The Kier molecular flexibility index (Phi) is 2.88. The van der Waals surface area contributed by atoms with Gasteiger partial charge in [-0.3, -0.25) is 0 Å². The zero-order valence-corrected chi connectivity index (χ0v) is 5.96. The minimum atomic E-state index is -1.67. The van der Waals surface area contributed by atoms with Gasteiger partial charge in [-0.2, -0.15) is 0 Å². The molecule has 0 radical (unpaired) electrons. The Balaban J connectivity index is 3.71. The topological polar surface area (TPSA) is 40.5 Å². The van der Waals surface area contributed by atoms with Crippen LogP contribution in [0.25, 0.3) is 0 Å². The van der Waals surface area contributed by atoms with Gasteiger partial charge in [0.1, 0.15) is 0 Å². The van der Waals surface area contributed by atoms with Gasteiger partial charge in [0.25, 0.3) is 0 Å². The van der Waals surface area contributed by atoms with Gasteiger partial charge in [-0.25, -0.2) is 0 Å². The molecule has 2 heteroatoms. The maximum Gasteiger partial charge on any atom is 0.182 e. The highest BCUT2D eigenvalue weighted by atomic mass is 16.5. The average molecular weight is 130 g/mol. The van der Waals surface area contributed by atoms with Gasteiger partial charge in [0.2, 0.25) is 0 Å². The molecule has 0 aliphatic heterocycles. The monoisotopic (exact) mass is 130 g/mol. The molecular formula is C7H14O2. The number of rotatable bonds is 3. The zero-order valence-electron chi connectivity index (χ0n) is 5.96. The largest absolute Gasteiger partial charge is 0.362 e. The standard InChI is InChI=1S/C7H14O2/c1-4-7(8,9)5-6(2)3/h4,6,8-9H,1,5H2,2-3H3. The summed E-state index contributed by atoms with van der Waals surface area (Å²) < 4.78 is 0. The lowest BCUT2D eigenvalue weighted by molar-refractivity contribution is -0.129. The highest BCUT2D eigenvalue weighted by Crippen LogP contribution is 2.13. The van der Waals surface area contributed by atoms with Crippen LogP contribution in [-0.4, -0.2) is 16.0 Å². The van der Waals surface area contributed by atoms with Crippen LogP contribution in [0.4, 0.5) is 0 Å². The SMILES string of the molecule is C=CC(O)(O)CC(C)C. The van der Waals surface area contributed by atoms with E-state index in [2.05, 4.69) is 6.58 Å². The minimum absolute atomic E-state index is 0.276. The quantitative estimate of drug-likeness (QED) is 0.440. The molecule has 0 aromatic rings. The summed E-state index contributed by atoms with van der Waals surface area (Å²) in [5.74, 6) is -1.40. The molecule has 2 nitrogen and oxygen atoms in total.